The molecule has 7 heteroatoms. The Hall–Kier alpha value is -2.93. The van der Waals surface area contributed by atoms with Gasteiger partial charge in [-0.05, 0) is 55.6 Å². The number of fused-ring (bicyclic) bond motifs is 1. The summed E-state index contributed by atoms with van der Waals surface area (Å²) in [6.07, 6.45) is 2.33. The number of hydrogen-bond donors (Lipinski definition) is 3. The van der Waals surface area contributed by atoms with Gasteiger partial charge in [-0.1, -0.05) is 6.07 Å². The first-order valence-electron chi connectivity index (χ1n) is 9.11. The first-order valence-corrected chi connectivity index (χ1v) is 9.11. The summed E-state index contributed by atoms with van der Waals surface area (Å²) in [6.45, 7) is 3.49. The van der Waals surface area contributed by atoms with Gasteiger partial charge in [-0.25, -0.2) is 4.79 Å². The molecule has 4 rings (SSSR count). The molecule has 1 atom stereocenters. The zero-order valence-electron chi connectivity index (χ0n) is 15.1. The third-order valence-corrected chi connectivity index (χ3v) is 5.09. The van der Waals surface area contributed by atoms with Crippen LogP contribution in [0.2, 0.25) is 0 Å². The second-order valence-corrected chi connectivity index (χ2v) is 7.09. The molecule has 0 spiro atoms. The van der Waals surface area contributed by atoms with Gasteiger partial charge in [0.05, 0.1) is 6.42 Å². The van der Waals surface area contributed by atoms with E-state index in [2.05, 4.69) is 16.0 Å². The van der Waals surface area contributed by atoms with Gasteiger partial charge in [0, 0.05) is 23.8 Å². The van der Waals surface area contributed by atoms with Crippen LogP contribution in [0.25, 0.3) is 0 Å². The normalized spacial score (nSPS) is 18.7. The number of anilines is 2. The molecule has 27 heavy (non-hydrogen) atoms. The largest absolute Gasteiger partial charge is 0.427 e. The summed E-state index contributed by atoms with van der Waals surface area (Å²) in [7, 11) is 0. The lowest BCUT2D eigenvalue weighted by Crippen LogP contribution is -2.30. The number of carbonyl (C=O) groups excluding carboxylic acids is 2. The van der Waals surface area contributed by atoms with Crippen LogP contribution in [-0.2, 0) is 11.2 Å². The zero-order valence-corrected chi connectivity index (χ0v) is 15.1. The van der Waals surface area contributed by atoms with Crippen molar-refractivity contribution < 1.29 is 14.0 Å². The molecule has 2 aromatic rings. The van der Waals surface area contributed by atoms with Crippen molar-refractivity contribution in [1.82, 2.24) is 5.32 Å². The van der Waals surface area contributed by atoms with Gasteiger partial charge >= 0.3 is 5.63 Å². The molecular weight excluding hydrogens is 346 g/mol. The van der Waals surface area contributed by atoms with E-state index in [0.717, 1.165) is 31.5 Å². The molecule has 0 aliphatic carbocycles. The average molecular weight is 367 g/mol. The van der Waals surface area contributed by atoms with Crippen LogP contribution in [0.3, 0.4) is 0 Å². The van der Waals surface area contributed by atoms with Gasteiger partial charge in [0.2, 0.25) is 5.91 Å². The molecule has 1 saturated heterocycles. The van der Waals surface area contributed by atoms with Gasteiger partial charge in [-0.15, -0.1) is 0 Å². The molecule has 7 nitrogen and oxygen atoms in total. The molecule has 0 bridgehead atoms. The predicted octanol–water partition coefficient (Wildman–Crippen LogP) is 2.16. The molecule has 3 N–H and O–H groups in total. The minimum atomic E-state index is -0.623. The number of rotatable bonds is 3. The van der Waals surface area contributed by atoms with Gasteiger partial charge < -0.3 is 20.4 Å². The number of piperidine rings is 1. The van der Waals surface area contributed by atoms with Crippen LogP contribution < -0.4 is 21.6 Å². The average Bonchev–Trinajstić information content (AvgIpc) is 3.01. The van der Waals surface area contributed by atoms with Crippen LogP contribution in [0, 0.1) is 6.92 Å². The van der Waals surface area contributed by atoms with Crippen LogP contribution in [-0.4, -0.2) is 24.9 Å². The Kier molecular flexibility index (Phi) is 4.53. The summed E-state index contributed by atoms with van der Waals surface area (Å²) in [5.41, 5.74) is 2.06. The quantitative estimate of drug-likeness (QED) is 0.772. The lowest BCUT2D eigenvalue weighted by atomic mass is 9.95. The Morgan fingerprint density at radius 3 is 2.85 bits per heavy atom. The van der Waals surface area contributed by atoms with E-state index in [1.54, 1.807) is 31.2 Å². The minimum Gasteiger partial charge on any atom is -0.427 e. The number of benzene rings is 1. The summed E-state index contributed by atoms with van der Waals surface area (Å²) < 4.78 is 5.46. The molecule has 1 aromatic heterocycles. The van der Waals surface area contributed by atoms with Crippen LogP contribution in [0.1, 0.15) is 46.0 Å². The van der Waals surface area contributed by atoms with Crippen molar-refractivity contribution in [2.24, 2.45) is 0 Å². The molecular formula is C20H21N3O4. The van der Waals surface area contributed by atoms with Crippen LogP contribution in [0.5, 0.6) is 0 Å². The van der Waals surface area contributed by atoms with E-state index in [1.165, 1.54) is 0 Å². The number of aryl methyl sites for hydroxylation is 1. The summed E-state index contributed by atoms with van der Waals surface area (Å²) in [4.78, 5) is 36.5. The van der Waals surface area contributed by atoms with Crippen molar-refractivity contribution in [3.8, 4) is 0 Å². The number of hydrogen-bond acceptors (Lipinski definition) is 5. The van der Waals surface area contributed by atoms with E-state index < -0.39 is 11.5 Å². The Bertz CT molecular complexity index is 974. The topological polar surface area (TPSA) is 100 Å². The summed E-state index contributed by atoms with van der Waals surface area (Å²) in [5.74, 6) is 0.195. The first kappa shape index (κ1) is 17.5. The molecule has 2 aliphatic rings. The van der Waals surface area contributed by atoms with Crippen molar-refractivity contribution >= 4 is 23.2 Å². The Labute approximate surface area is 156 Å². The van der Waals surface area contributed by atoms with Crippen molar-refractivity contribution in [1.29, 1.82) is 0 Å². The molecule has 140 valence electrons. The number of amides is 2. The molecule has 1 aromatic carbocycles. The van der Waals surface area contributed by atoms with Gasteiger partial charge in [-0.2, -0.15) is 0 Å². The van der Waals surface area contributed by atoms with Crippen LogP contribution in [0.4, 0.5) is 11.4 Å². The monoisotopic (exact) mass is 367 g/mol. The highest BCUT2D eigenvalue weighted by Gasteiger charge is 2.23. The third kappa shape index (κ3) is 3.50. The van der Waals surface area contributed by atoms with Gasteiger partial charge in [0.1, 0.15) is 11.3 Å². The fraction of sp³-hybridized carbons (Fsp3) is 0.350. The van der Waals surface area contributed by atoms with E-state index in [0.29, 0.717) is 29.1 Å². The third-order valence-electron chi connectivity index (χ3n) is 5.09. The van der Waals surface area contributed by atoms with Crippen molar-refractivity contribution in [3.05, 3.63) is 57.1 Å². The highest BCUT2D eigenvalue weighted by Crippen LogP contribution is 2.27. The number of nitrogens with one attached hydrogen (secondary N) is 3. The second kappa shape index (κ2) is 7.00. The highest BCUT2D eigenvalue weighted by atomic mass is 16.4. The smallest absolute Gasteiger partial charge is 0.349 e. The molecule has 0 radical (unpaired) electrons. The first-order chi connectivity index (χ1) is 13.0. The van der Waals surface area contributed by atoms with Gasteiger partial charge in [0.25, 0.3) is 5.91 Å². The van der Waals surface area contributed by atoms with E-state index in [1.807, 2.05) is 0 Å². The number of carbonyl (C=O) groups is 2. The van der Waals surface area contributed by atoms with Crippen molar-refractivity contribution in [2.45, 2.75) is 32.1 Å². The Morgan fingerprint density at radius 2 is 2.11 bits per heavy atom. The van der Waals surface area contributed by atoms with Crippen LogP contribution >= 0.6 is 0 Å². The molecule has 1 fully saturated rings. The zero-order chi connectivity index (χ0) is 19.0. The SMILES string of the molecule is Cc1cc(C2CCCNC2)oc(=O)c1C(=O)Nc1ccc2c(c1)NC(=O)C2. The summed E-state index contributed by atoms with van der Waals surface area (Å²) >= 11 is 0. The Balaban J connectivity index is 1.56. The minimum absolute atomic E-state index is 0.00653. The van der Waals surface area contributed by atoms with Crippen LogP contribution in [0.15, 0.2) is 33.5 Å². The van der Waals surface area contributed by atoms with Gasteiger partial charge in [-0.3, -0.25) is 9.59 Å². The molecule has 3 heterocycles. The molecule has 2 aliphatic heterocycles. The Morgan fingerprint density at radius 1 is 1.26 bits per heavy atom. The van der Waals surface area contributed by atoms with E-state index in [4.69, 9.17) is 4.42 Å². The lowest BCUT2D eigenvalue weighted by molar-refractivity contribution is -0.115. The maximum Gasteiger partial charge on any atom is 0.349 e. The van der Waals surface area contributed by atoms with E-state index in [-0.39, 0.29) is 17.4 Å². The molecule has 1 unspecified atom stereocenters. The summed E-state index contributed by atoms with van der Waals surface area (Å²) in [6, 6.07) is 6.99. The van der Waals surface area contributed by atoms with E-state index in [9.17, 15) is 14.4 Å². The fourth-order valence-electron chi connectivity index (χ4n) is 3.69. The predicted molar refractivity (Wildman–Crippen MR) is 101 cm³/mol. The maximum absolute atomic E-state index is 12.6. The fourth-order valence-corrected chi connectivity index (χ4v) is 3.69. The molecule has 2 amide bonds. The van der Waals surface area contributed by atoms with Gasteiger partial charge in [0.15, 0.2) is 0 Å². The molecule has 0 saturated carbocycles. The van der Waals surface area contributed by atoms with E-state index >= 15 is 0 Å². The van der Waals surface area contributed by atoms with Crippen molar-refractivity contribution in [2.75, 3.05) is 23.7 Å². The van der Waals surface area contributed by atoms with Crippen molar-refractivity contribution in [3.63, 3.8) is 0 Å². The second-order valence-electron chi connectivity index (χ2n) is 7.09. The summed E-state index contributed by atoms with van der Waals surface area (Å²) in [5, 5.41) is 8.76. The standard InChI is InChI=1S/C20H21N3O4/c1-11-7-16(13-3-2-6-21-10-13)27-20(26)18(11)19(25)22-14-5-4-12-8-17(24)23-15(12)9-14/h4-5,7,9,13,21H,2-3,6,8,10H2,1H3,(H,22,25)(H,23,24). The lowest BCUT2D eigenvalue weighted by Gasteiger charge is -2.22. The highest BCUT2D eigenvalue weighted by molar-refractivity contribution is 6.06. The maximum atomic E-state index is 12.6.